The maximum Gasteiger partial charge on any atom is 0.255 e. The zero-order valence-corrected chi connectivity index (χ0v) is 16.6. The molecule has 2 amide bonds. The van der Waals surface area contributed by atoms with Gasteiger partial charge in [-0.3, -0.25) is 9.59 Å². The molecule has 0 atom stereocenters. The molecule has 29 heavy (non-hydrogen) atoms. The fraction of sp³-hybridized carbons (Fsp3) is 0.238. The first-order chi connectivity index (χ1) is 14.2. The van der Waals surface area contributed by atoms with Gasteiger partial charge in [0.1, 0.15) is 12.7 Å². The van der Waals surface area contributed by atoms with Gasteiger partial charge in [-0.05, 0) is 42.0 Å². The number of carbonyl (C=O) groups excluding carboxylic acids is 2. The summed E-state index contributed by atoms with van der Waals surface area (Å²) in [4.78, 5) is 30.7. The molecule has 0 spiro atoms. The molecule has 0 saturated carbocycles. The number of carbonyl (C=O) groups is 2. The molecule has 4 rings (SSSR count). The minimum Gasteiger partial charge on any atom is -0.341 e. The van der Waals surface area contributed by atoms with Gasteiger partial charge in [0.2, 0.25) is 5.91 Å². The Bertz CT molecular complexity index is 965. The molecule has 1 aliphatic rings. The van der Waals surface area contributed by atoms with E-state index in [2.05, 4.69) is 15.4 Å². The average Bonchev–Trinajstić information content (AvgIpc) is 3.31. The van der Waals surface area contributed by atoms with Crippen molar-refractivity contribution in [1.82, 2.24) is 19.7 Å². The van der Waals surface area contributed by atoms with Gasteiger partial charge in [-0.2, -0.15) is 16.9 Å². The van der Waals surface area contributed by atoms with E-state index in [1.165, 1.54) is 6.33 Å². The van der Waals surface area contributed by atoms with Crippen molar-refractivity contribution >= 4 is 29.3 Å². The molecule has 1 N–H and O–H groups in total. The third-order valence-electron chi connectivity index (χ3n) is 4.74. The summed E-state index contributed by atoms with van der Waals surface area (Å²) < 4.78 is 1.63. The van der Waals surface area contributed by atoms with E-state index in [9.17, 15) is 9.59 Å². The van der Waals surface area contributed by atoms with E-state index < -0.39 is 0 Å². The van der Waals surface area contributed by atoms with Gasteiger partial charge in [0.15, 0.2) is 0 Å². The van der Waals surface area contributed by atoms with Crippen molar-refractivity contribution in [2.75, 3.05) is 29.9 Å². The Hall–Kier alpha value is -3.13. The summed E-state index contributed by atoms with van der Waals surface area (Å²) in [6.07, 6.45) is 3.46. The molecule has 1 saturated heterocycles. The zero-order chi connectivity index (χ0) is 20.1. The highest BCUT2D eigenvalue weighted by Gasteiger charge is 2.17. The molecule has 1 fully saturated rings. The van der Waals surface area contributed by atoms with Gasteiger partial charge in [-0.15, -0.1) is 0 Å². The standard InChI is InChI=1S/C21H21N5O2S/c27-20(25-9-11-29-12-10-25)13-16-1-5-18(6-2-16)24-21(28)17-3-7-19(8-4-17)26-15-22-14-23-26/h1-8,14-15H,9-13H2,(H,24,28). The Morgan fingerprint density at radius 2 is 1.72 bits per heavy atom. The normalized spacial score (nSPS) is 13.9. The monoisotopic (exact) mass is 407 g/mol. The highest BCUT2D eigenvalue weighted by molar-refractivity contribution is 7.99. The number of hydrogen-bond acceptors (Lipinski definition) is 5. The van der Waals surface area contributed by atoms with Crippen molar-refractivity contribution in [2.45, 2.75) is 6.42 Å². The van der Waals surface area contributed by atoms with Crippen molar-refractivity contribution < 1.29 is 9.59 Å². The van der Waals surface area contributed by atoms with Gasteiger partial charge in [-0.1, -0.05) is 12.1 Å². The van der Waals surface area contributed by atoms with Gasteiger partial charge in [-0.25, -0.2) is 9.67 Å². The third kappa shape index (κ3) is 4.83. The van der Waals surface area contributed by atoms with Crippen molar-refractivity contribution in [2.24, 2.45) is 0 Å². The molecular formula is C21H21N5O2S. The van der Waals surface area contributed by atoms with Crippen LogP contribution in [0.3, 0.4) is 0 Å². The summed E-state index contributed by atoms with van der Waals surface area (Å²) in [6, 6.07) is 14.6. The molecular weight excluding hydrogens is 386 g/mol. The summed E-state index contributed by atoms with van der Waals surface area (Å²) >= 11 is 1.89. The molecule has 0 radical (unpaired) electrons. The van der Waals surface area contributed by atoms with E-state index in [1.54, 1.807) is 23.1 Å². The summed E-state index contributed by atoms with van der Waals surface area (Å²) in [5.74, 6) is 1.99. The number of hydrogen-bond donors (Lipinski definition) is 1. The molecule has 0 aliphatic carbocycles. The molecule has 0 bridgehead atoms. The van der Waals surface area contributed by atoms with Crippen LogP contribution in [-0.4, -0.2) is 56.1 Å². The van der Waals surface area contributed by atoms with Crippen molar-refractivity contribution in [3.8, 4) is 5.69 Å². The largest absolute Gasteiger partial charge is 0.341 e. The summed E-state index contributed by atoms with van der Waals surface area (Å²) in [6.45, 7) is 1.65. The first kappa shape index (κ1) is 19.2. The topological polar surface area (TPSA) is 80.1 Å². The first-order valence-corrected chi connectivity index (χ1v) is 10.6. The second-order valence-electron chi connectivity index (χ2n) is 6.71. The van der Waals surface area contributed by atoms with Gasteiger partial charge < -0.3 is 10.2 Å². The molecule has 0 unspecified atom stereocenters. The van der Waals surface area contributed by atoms with Crippen LogP contribution in [0, 0.1) is 0 Å². The van der Waals surface area contributed by atoms with Gasteiger partial charge >= 0.3 is 0 Å². The van der Waals surface area contributed by atoms with Crippen LogP contribution < -0.4 is 5.32 Å². The molecule has 2 aromatic carbocycles. The van der Waals surface area contributed by atoms with Gasteiger partial charge in [0, 0.05) is 35.8 Å². The first-order valence-electron chi connectivity index (χ1n) is 9.40. The van der Waals surface area contributed by atoms with Gasteiger partial charge in [0.25, 0.3) is 5.91 Å². The smallest absolute Gasteiger partial charge is 0.255 e. The third-order valence-corrected chi connectivity index (χ3v) is 5.69. The molecule has 1 aliphatic heterocycles. The number of amides is 2. The zero-order valence-electron chi connectivity index (χ0n) is 15.8. The van der Waals surface area contributed by atoms with Crippen molar-refractivity contribution in [1.29, 1.82) is 0 Å². The minimum atomic E-state index is -0.190. The van der Waals surface area contributed by atoms with Crippen LogP contribution in [0.1, 0.15) is 15.9 Å². The summed E-state index contributed by atoms with van der Waals surface area (Å²) in [7, 11) is 0. The Morgan fingerprint density at radius 3 is 2.38 bits per heavy atom. The fourth-order valence-electron chi connectivity index (χ4n) is 3.12. The second kappa shape index (κ2) is 8.91. The average molecular weight is 407 g/mol. The lowest BCUT2D eigenvalue weighted by atomic mass is 10.1. The molecule has 1 aromatic heterocycles. The highest BCUT2D eigenvalue weighted by atomic mass is 32.2. The van der Waals surface area contributed by atoms with E-state index in [0.717, 1.165) is 35.8 Å². The van der Waals surface area contributed by atoms with Crippen LogP contribution in [0.4, 0.5) is 5.69 Å². The molecule has 3 aromatic rings. The molecule has 2 heterocycles. The predicted octanol–water partition coefficient (Wildman–Crippen LogP) is 2.64. The lowest BCUT2D eigenvalue weighted by Crippen LogP contribution is -2.38. The maximum atomic E-state index is 12.5. The number of benzene rings is 2. The maximum absolute atomic E-state index is 12.5. The van der Waals surface area contributed by atoms with Gasteiger partial charge in [0.05, 0.1) is 12.1 Å². The molecule has 148 valence electrons. The SMILES string of the molecule is O=C(Nc1ccc(CC(=O)N2CCSCC2)cc1)c1ccc(-n2cncn2)cc1. The molecule has 8 heteroatoms. The van der Waals surface area contributed by atoms with E-state index in [0.29, 0.717) is 17.7 Å². The van der Waals surface area contributed by atoms with Crippen LogP contribution >= 0.6 is 11.8 Å². The predicted molar refractivity (Wildman–Crippen MR) is 113 cm³/mol. The van der Waals surface area contributed by atoms with Crippen LogP contribution in [0.15, 0.2) is 61.2 Å². The van der Waals surface area contributed by atoms with Crippen LogP contribution in [0.2, 0.25) is 0 Å². The van der Waals surface area contributed by atoms with E-state index in [4.69, 9.17) is 0 Å². The van der Waals surface area contributed by atoms with Crippen molar-refractivity contribution in [3.05, 3.63) is 72.3 Å². The highest BCUT2D eigenvalue weighted by Crippen LogP contribution is 2.15. The number of nitrogens with zero attached hydrogens (tertiary/aromatic N) is 4. The number of nitrogens with one attached hydrogen (secondary N) is 1. The van der Waals surface area contributed by atoms with Crippen LogP contribution in [-0.2, 0) is 11.2 Å². The van der Waals surface area contributed by atoms with E-state index >= 15 is 0 Å². The van der Waals surface area contributed by atoms with Crippen LogP contribution in [0.5, 0.6) is 0 Å². The minimum absolute atomic E-state index is 0.162. The number of anilines is 1. The second-order valence-corrected chi connectivity index (χ2v) is 7.93. The van der Waals surface area contributed by atoms with Crippen LogP contribution in [0.25, 0.3) is 5.69 Å². The Labute approximate surface area is 173 Å². The number of aromatic nitrogens is 3. The van der Waals surface area contributed by atoms with E-state index in [1.807, 2.05) is 53.1 Å². The quantitative estimate of drug-likeness (QED) is 0.703. The summed E-state index contributed by atoms with van der Waals surface area (Å²) in [5.41, 5.74) is 3.03. The number of rotatable bonds is 5. The Balaban J connectivity index is 1.34. The van der Waals surface area contributed by atoms with Crippen molar-refractivity contribution in [3.63, 3.8) is 0 Å². The Morgan fingerprint density at radius 1 is 1.00 bits per heavy atom. The number of thioether (sulfide) groups is 1. The Kier molecular flexibility index (Phi) is 5.90. The fourth-order valence-corrected chi connectivity index (χ4v) is 4.02. The summed E-state index contributed by atoms with van der Waals surface area (Å²) in [5, 5.41) is 6.95. The lowest BCUT2D eigenvalue weighted by molar-refractivity contribution is -0.130. The van der Waals surface area contributed by atoms with E-state index in [-0.39, 0.29) is 11.8 Å². The lowest BCUT2D eigenvalue weighted by Gasteiger charge is -2.26. The molecule has 7 nitrogen and oxygen atoms in total.